The van der Waals surface area contributed by atoms with Gasteiger partial charge in [-0.1, -0.05) is 209 Å². The second-order valence-electron chi connectivity index (χ2n) is 23.2. The van der Waals surface area contributed by atoms with Crippen molar-refractivity contribution in [3.63, 3.8) is 0 Å². The van der Waals surface area contributed by atoms with Gasteiger partial charge in [0.25, 0.3) is 0 Å². The van der Waals surface area contributed by atoms with Crippen LogP contribution in [0.25, 0.3) is 0 Å². The highest BCUT2D eigenvalue weighted by atomic mass is 16.8. The van der Waals surface area contributed by atoms with Crippen LogP contribution >= 0.6 is 0 Å². The van der Waals surface area contributed by atoms with Crippen molar-refractivity contribution in [3.8, 4) is 0 Å². The minimum Gasteiger partial charge on any atom is -0.394 e. The van der Waals surface area contributed by atoms with Gasteiger partial charge >= 0.3 is 0 Å². The smallest absolute Gasteiger partial charge is 0.220 e. The molecule has 0 aromatic rings. The van der Waals surface area contributed by atoms with Gasteiger partial charge in [0, 0.05) is 6.42 Å². The van der Waals surface area contributed by atoms with Gasteiger partial charge in [0.05, 0.1) is 38.6 Å². The van der Waals surface area contributed by atoms with Crippen LogP contribution in [0.1, 0.15) is 213 Å². The molecular weight excluding hydrogens is 1080 g/mol. The molecule has 0 bridgehead atoms. The molecule has 0 saturated carbocycles. The summed E-state index contributed by atoms with van der Waals surface area (Å²) in [5, 5.41) is 120. The molecule has 3 rings (SSSR count). The lowest BCUT2D eigenvalue weighted by atomic mass is 9.96. The molecule has 84 heavy (non-hydrogen) atoms. The van der Waals surface area contributed by atoms with Gasteiger partial charge in [-0.15, -0.1) is 0 Å². The van der Waals surface area contributed by atoms with Crippen LogP contribution in [0.5, 0.6) is 0 Å². The Morgan fingerprint density at radius 1 is 0.440 bits per heavy atom. The summed E-state index contributed by atoms with van der Waals surface area (Å²) in [6, 6.07) is -0.888. The van der Waals surface area contributed by atoms with E-state index in [1.165, 1.54) is 96.3 Å². The molecule has 12 N–H and O–H groups in total. The number of aliphatic hydroxyl groups is 11. The quantitative estimate of drug-likeness (QED) is 0.0211. The fourth-order valence-electron chi connectivity index (χ4n) is 10.8. The molecule has 3 heterocycles. The minimum absolute atomic E-state index is 0.248. The van der Waals surface area contributed by atoms with Crippen LogP contribution in [0, 0.1) is 0 Å². The molecule has 3 aliphatic heterocycles. The molecule has 0 radical (unpaired) electrons. The van der Waals surface area contributed by atoms with E-state index >= 15 is 0 Å². The van der Waals surface area contributed by atoms with Gasteiger partial charge < -0.3 is 89.9 Å². The van der Waals surface area contributed by atoms with Crippen LogP contribution in [0.3, 0.4) is 0 Å². The molecule has 1 amide bonds. The highest BCUT2D eigenvalue weighted by molar-refractivity contribution is 5.76. The van der Waals surface area contributed by atoms with E-state index in [2.05, 4.69) is 79.9 Å². The van der Waals surface area contributed by atoms with E-state index in [0.717, 1.165) is 83.5 Å². The average Bonchev–Trinajstić information content (AvgIpc) is 2.80. The summed E-state index contributed by atoms with van der Waals surface area (Å²) < 4.78 is 34.3. The predicted octanol–water partition coefficient (Wildman–Crippen LogP) is 7.21. The number of hydrogen-bond donors (Lipinski definition) is 12. The van der Waals surface area contributed by atoms with Crippen molar-refractivity contribution in [2.24, 2.45) is 0 Å². The molecule has 17 atom stereocenters. The van der Waals surface area contributed by atoms with Gasteiger partial charge in [-0.2, -0.15) is 0 Å². The van der Waals surface area contributed by atoms with Gasteiger partial charge in [-0.25, -0.2) is 0 Å². The van der Waals surface area contributed by atoms with E-state index in [1.54, 1.807) is 0 Å². The number of carbonyl (C=O) groups excluding carboxylic acids is 1. The lowest BCUT2D eigenvalue weighted by molar-refractivity contribution is -0.379. The van der Waals surface area contributed by atoms with Gasteiger partial charge in [0.15, 0.2) is 18.9 Å². The second kappa shape index (κ2) is 47.5. The van der Waals surface area contributed by atoms with E-state index < -0.39 is 124 Å². The molecule has 0 aliphatic carbocycles. The van der Waals surface area contributed by atoms with Gasteiger partial charge in [0.2, 0.25) is 5.91 Å². The third kappa shape index (κ3) is 30.1. The fourth-order valence-corrected chi connectivity index (χ4v) is 10.8. The number of hydrogen-bond acceptors (Lipinski definition) is 18. The van der Waals surface area contributed by atoms with Crippen LogP contribution < -0.4 is 5.32 Å². The number of amides is 1. The molecule has 0 aromatic carbocycles. The van der Waals surface area contributed by atoms with Gasteiger partial charge in [-0.3, -0.25) is 4.79 Å². The van der Waals surface area contributed by atoms with E-state index in [9.17, 15) is 61.0 Å². The Morgan fingerprint density at radius 3 is 1.29 bits per heavy atom. The first-order valence-corrected chi connectivity index (χ1v) is 32.5. The number of ether oxygens (including phenoxy) is 6. The summed E-state index contributed by atoms with van der Waals surface area (Å²) in [5.41, 5.74) is 0. The number of carbonyl (C=O) groups is 1. The van der Waals surface area contributed by atoms with Crippen molar-refractivity contribution in [1.82, 2.24) is 5.32 Å². The zero-order valence-electron chi connectivity index (χ0n) is 51.1. The van der Waals surface area contributed by atoms with Crippen molar-refractivity contribution >= 4 is 5.91 Å². The minimum atomic E-state index is -1.97. The topological polar surface area (TPSA) is 307 Å². The van der Waals surface area contributed by atoms with Gasteiger partial charge in [-0.05, 0) is 57.8 Å². The number of aliphatic hydroxyl groups excluding tert-OH is 11. The summed E-state index contributed by atoms with van der Waals surface area (Å²) in [5.74, 6) is -0.248. The third-order valence-corrected chi connectivity index (χ3v) is 16.1. The monoisotopic (exact) mass is 1200 g/mol. The van der Waals surface area contributed by atoms with E-state index in [0.29, 0.717) is 12.8 Å². The first kappa shape index (κ1) is 75.7. The molecule has 3 fully saturated rings. The number of unbranched alkanes of at least 4 members (excludes halogenated alkanes) is 22. The maximum absolute atomic E-state index is 13.4. The maximum Gasteiger partial charge on any atom is 0.220 e. The summed E-state index contributed by atoms with van der Waals surface area (Å²) >= 11 is 0. The normalized spacial score (nSPS) is 29.6. The first-order valence-electron chi connectivity index (χ1n) is 32.5. The second-order valence-corrected chi connectivity index (χ2v) is 23.2. The SMILES string of the molecule is CC/C=C\C/C=C\C/C=C\C/C=C\C/C=C\CCCCCCCCCCCCCCCC(=O)NC(COC1OC(CO)C(OC2OC(CO)C(OC3OC(CO)C(O)C(O)C3O)C(O)C2O)C(O)C1O)C(O)CCCCCCCCCCCC. The Hall–Kier alpha value is -2.51. The van der Waals surface area contributed by atoms with E-state index in [-0.39, 0.29) is 18.9 Å². The van der Waals surface area contributed by atoms with Crippen LogP contribution in [0.4, 0.5) is 0 Å². The Balaban J connectivity index is 1.38. The lowest BCUT2D eigenvalue weighted by Gasteiger charge is -2.48. The molecule has 17 unspecified atom stereocenters. The zero-order chi connectivity index (χ0) is 61.2. The largest absolute Gasteiger partial charge is 0.394 e. The van der Waals surface area contributed by atoms with Crippen LogP contribution in [0.15, 0.2) is 60.8 Å². The molecule has 488 valence electrons. The van der Waals surface area contributed by atoms with E-state index in [4.69, 9.17) is 28.4 Å². The molecular formula is C65H115NO18. The maximum atomic E-state index is 13.4. The molecule has 3 aliphatic rings. The van der Waals surface area contributed by atoms with Crippen molar-refractivity contribution in [3.05, 3.63) is 60.8 Å². The Labute approximate surface area is 503 Å². The van der Waals surface area contributed by atoms with Crippen LogP contribution in [-0.4, -0.2) is 193 Å². The number of rotatable bonds is 48. The molecule has 0 aromatic heterocycles. The summed E-state index contributed by atoms with van der Waals surface area (Å²) in [7, 11) is 0. The summed E-state index contributed by atoms with van der Waals surface area (Å²) in [6.45, 7) is 1.65. The third-order valence-electron chi connectivity index (χ3n) is 16.1. The number of allylic oxidation sites excluding steroid dienone is 10. The Kier molecular flexibility index (Phi) is 42.8. The van der Waals surface area contributed by atoms with E-state index in [1.807, 2.05) is 0 Å². The summed E-state index contributed by atoms with van der Waals surface area (Å²) in [4.78, 5) is 13.4. The Bertz CT molecular complexity index is 1770. The molecule has 3 saturated heterocycles. The fraction of sp³-hybridized carbons (Fsp3) is 0.831. The van der Waals surface area contributed by atoms with Crippen molar-refractivity contribution in [2.45, 2.75) is 317 Å². The van der Waals surface area contributed by atoms with Gasteiger partial charge in [0.1, 0.15) is 73.2 Å². The lowest BCUT2D eigenvalue weighted by Crippen LogP contribution is -2.66. The van der Waals surface area contributed by atoms with Crippen molar-refractivity contribution in [2.75, 3.05) is 26.4 Å². The number of nitrogens with one attached hydrogen (secondary N) is 1. The highest BCUT2D eigenvalue weighted by Crippen LogP contribution is 2.33. The molecule has 19 heteroatoms. The van der Waals surface area contributed by atoms with Crippen molar-refractivity contribution in [1.29, 1.82) is 0 Å². The zero-order valence-corrected chi connectivity index (χ0v) is 51.1. The molecule has 0 spiro atoms. The molecule has 19 nitrogen and oxygen atoms in total. The van der Waals surface area contributed by atoms with Crippen LogP contribution in [-0.2, 0) is 33.2 Å². The van der Waals surface area contributed by atoms with Crippen LogP contribution in [0.2, 0.25) is 0 Å². The van der Waals surface area contributed by atoms with Crippen molar-refractivity contribution < 1.29 is 89.4 Å². The Morgan fingerprint density at radius 2 is 0.821 bits per heavy atom. The first-order chi connectivity index (χ1) is 40.8. The summed E-state index contributed by atoms with van der Waals surface area (Å²) in [6.07, 6.45) is 28.9. The standard InChI is InChI=1S/C65H115NO18/c1-3-5-7-9-11-13-15-16-17-18-19-20-21-22-23-24-25-26-27-28-29-30-31-32-33-35-37-39-41-43-53(71)66-48(49(70)42-40-38-36-34-14-12-10-8-6-4-2)47-79-63-59(77)56(74)61(51(45-68)81-63)84-65-60(78)57(75)62(52(46-69)82-65)83-64-58(76)55(73)54(72)50(44-67)80-64/h5,7,11,13,16-17,19-20,22-23,48-52,54-65,67-70,72-78H,3-4,6,8-10,12,14-15,18,21,24-47H2,1-2H3,(H,66,71)/b7-5-,13-11-,17-16-,20-19-,23-22-. The average molecular weight is 1200 g/mol. The highest BCUT2D eigenvalue weighted by Gasteiger charge is 2.53. The predicted molar refractivity (Wildman–Crippen MR) is 323 cm³/mol.